The van der Waals surface area contributed by atoms with Gasteiger partial charge in [-0.15, -0.1) is 0 Å². The molecule has 0 aromatic carbocycles. The average molecular weight is 168 g/mol. The van der Waals surface area contributed by atoms with Gasteiger partial charge in [0.2, 0.25) is 0 Å². The molecule has 0 radical (unpaired) electrons. The Morgan fingerprint density at radius 2 is 2.42 bits per heavy atom. The predicted molar refractivity (Wildman–Crippen MR) is 47.1 cm³/mol. The van der Waals surface area contributed by atoms with Gasteiger partial charge in [0.15, 0.2) is 0 Å². The summed E-state index contributed by atoms with van der Waals surface area (Å²) in [5, 5.41) is 0. The standard InChI is InChI=1S/C9H16N2O/c1-9(3-4-9)8(11-10)7-2-5-12-6-7/h6,8,11H,2-5,10H2,1H3. The molecule has 3 N–H and O–H groups in total. The summed E-state index contributed by atoms with van der Waals surface area (Å²) in [7, 11) is 0. The Hall–Kier alpha value is -0.540. The fourth-order valence-corrected chi connectivity index (χ4v) is 1.86. The minimum absolute atomic E-state index is 0.333. The second-order valence-corrected chi connectivity index (χ2v) is 4.07. The Morgan fingerprint density at radius 1 is 1.67 bits per heavy atom. The van der Waals surface area contributed by atoms with Crippen LogP contribution in [0.5, 0.6) is 0 Å². The summed E-state index contributed by atoms with van der Waals surface area (Å²) in [5.41, 5.74) is 4.63. The molecule has 68 valence electrons. The second-order valence-electron chi connectivity index (χ2n) is 4.07. The van der Waals surface area contributed by atoms with E-state index in [1.807, 2.05) is 6.26 Å². The third-order valence-electron chi connectivity index (χ3n) is 3.02. The van der Waals surface area contributed by atoms with Crippen LogP contribution < -0.4 is 11.3 Å². The van der Waals surface area contributed by atoms with Crippen LogP contribution >= 0.6 is 0 Å². The van der Waals surface area contributed by atoms with Crippen molar-refractivity contribution in [3.63, 3.8) is 0 Å². The smallest absolute Gasteiger partial charge is 0.0912 e. The first-order valence-electron chi connectivity index (χ1n) is 4.53. The average Bonchev–Trinajstić information content (AvgIpc) is 2.63. The van der Waals surface area contributed by atoms with Gasteiger partial charge in [-0.3, -0.25) is 11.3 Å². The molecule has 1 fully saturated rings. The highest BCUT2D eigenvalue weighted by molar-refractivity contribution is 5.19. The van der Waals surface area contributed by atoms with Gasteiger partial charge < -0.3 is 4.74 Å². The quantitative estimate of drug-likeness (QED) is 0.486. The largest absolute Gasteiger partial charge is 0.501 e. The molecule has 0 aromatic heterocycles. The molecule has 1 aliphatic heterocycles. The van der Waals surface area contributed by atoms with E-state index in [1.54, 1.807) is 0 Å². The number of hydrogen-bond donors (Lipinski definition) is 2. The van der Waals surface area contributed by atoms with E-state index in [4.69, 9.17) is 10.6 Å². The van der Waals surface area contributed by atoms with Crippen LogP contribution in [0.1, 0.15) is 26.2 Å². The van der Waals surface area contributed by atoms with Crippen LogP contribution in [0.2, 0.25) is 0 Å². The van der Waals surface area contributed by atoms with Gasteiger partial charge in [0, 0.05) is 6.42 Å². The lowest BCUT2D eigenvalue weighted by atomic mass is 9.92. The molecule has 3 nitrogen and oxygen atoms in total. The molecule has 0 spiro atoms. The van der Waals surface area contributed by atoms with Crippen LogP contribution in [0.25, 0.3) is 0 Å². The van der Waals surface area contributed by atoms with Crippen LogP contribution in [0, 0.1) is 5.41 Å². The molecule has 2 rings (SSSR count). The molecule has 1 saturated carbocycles. The highest BCUT2D eigenvalue weighted by Crippen LogP contribution is 2.50. The van der Waals surface area contributed by atoms with E-state index in [9.17, 15) is 0 Å². The van der Waals surface area contributed by atoms with Crippen LogP contribution in [-0.4, -0.2) is 12.6 Å². The molecule has 0 saturated heterocycles. The van der Waals surface area contributed by atoms with E-state index in [0.29, 0.717) is 11.5 Å². The van der Waals surface area contributed by atoms with Crippen LogP contribution in [-0.2, 0) is 4.74 Å². The van der Waals surface area contributed by atoms with Crippen LogP contribution in [0.15, 0.2) is 11.8 Å². The van der Waals surface area contributed by atoms with E-state index < -0.39 is 0 Å². The molecule has 0 bridgehead atoms. The van der Waals surface area contributed by atoms with E-state index in [-0.39, 0.29) is 0 Å². The Balaban J connectivity index is 2.07. The van der Waals surface area contributed by atoms with Gasteiger partial charge >= 0.3 is 0 Å². The van der Waals surface area contributed by atoms with Crippen molar-refractivity contribution in [2.24, 2.45) is 11.3 Å². The Morgan fingerprint density at radius 3 is 2.83 bits per heavy atom. The maximum absolute atomic E-state index is 5.53. The zero-order chi connectivity index (χ0) is 8.60. The molecular weight excluding hydrogens is 152 g/mol. The predicted octanol–water partition coefficient (Wildman–Crippen LogP) is 0.923. The van der Waals surface area contributed by atoms with Crippen molar-refractivity contribution in [1.82, 2.24) is 5.43 Å². The Labute approximate surface area is 72.9 Å². The minimum Gasteiger partial charge on any atom is -0.501 e. The lowest BCUT2D eigenvalue weighted by molar-refractivity contribution is 0.281. The van der Waals surface area contributed by atoms with Crippen molar-refractivity contribution in [3.8, 4) is 0 Å². The van der Waals surface area contributed by atoms with Crippen molar-refractivity contribution in [3.05, 3.63) is 11.8 Å². The lowest BCUT2D eigenvalue weighted by Gasteiger charge is -2.22. The first-order chi connectivity index (χ1) is 5.76. The molecule has 12 heavy (non-hydrogen) atoms. The number of hydrogen-bond acceptors (Lipinski definition) is 3. The van der Waals surface area contributed by atoms with Gasteiger partial charge in [-0.1, -0.05) is 6.92 Å². The van der Waals surface area contributed by atoms with Gasteiger partial charge in [-0.05, 0) is 23.8 Å². The van der Waals surface area contributed by atoms with Crippen molar-refractivity contribution in [1.29, 1.82) is 0 Å². The summed E-state index contributed by atoms with van der Waals surface area (Å²) < 4.78 is 5.21. The zero-order valence-electron chi connectivity index (χ0n) is 7.47. The highest BCUT2D eigenvalue weighted by atomic mass is 16.5. The number of nitrogens with one attached hydrogen (secondary N) is 1. The van der Waals surface area contributed by atoms with E-state index >= 15 is 0 Å². The minimum atomic E-state index is 0.333. The monoisotopic (exact) mass is 168 g/mol. The highest BCUT2D eigenvalue weighted by Gasteiger charge is 2.46. The first-order valence-corrected chi connectivity index (χ1v) is 4.53. The maximum atomic E-state index is 5.53. The van der Waals surface area contributed by atoms with Gasteiger partial charge in [0.25, 0.3) is 0 Å². The number of nitrogens with two attached hydrogens (primary N) is 1. The van der Waals surface area contributed by atoms with Crippen LogP contribution in [0.3, 0.4) is 0 Å². The molecular formula is C9H16N2O. The van der Waals surface area contributed by atoms with E-state index in [2.05, 4.69) is 12.3 Å². The van der Waals surface area contributed by atoms with Gasteiger partial charge in [0.1, 0.15) is 0 Å². The maximum Gasteiger partial charge on any atom is 0.0912 e. The fraction of sp³-hybridized carbons (Fsp3) is 0.778. The molecule has 0 aromatic rings. The molecule has 1 atom stereocenters. The molecule has 1 unspecified atom stereocenters. The van der Waals surface area contributed by atoms with Gasteiger partial charge in [0.05, 0.1) is 18.9 Å². The van der Waals surface area contributed by atoms with E-state index in [0.717, 1.165) is 13.0 Å². The third-order valence-corrected chi connectivity index (χ3v) is 3.02. The van der Waals surface area contributed by atoms with Gasteiger partial charge in [-0.25, -0.2) is 0 Å². The van der Waals surface area contributed by atoms with E-state index in [1.165, 1.54) is 18.4 Å². The first kappa shape index (κ1) is 8.08. The summed E-state index contributed by atoms with van der Waals surface area (Å²) in [4.78, 5) is 0. The SMILES string of the molecule is CC1(C(NN)C2=COCC2)CC1. The van der Waals surface area contributed by atoms with Crippen LogP contribution in [0.4, 0.5) is 0 Å². The summed E-state index contributed by atoms with van der Waals surface area (Å²) in [6.45, 7) is 3.10. The van der Waals surface area contributed by atoms with Crippen molar-refractivity contribution in [2.75, 3.05) is 6.61 Å². The normalized spacial score (nSPS) is 27.7. The van der Waals surface area contributed by atoms with Crippen molar-refractivity contribution < 1.29 is 4.74 Å². The van der Waals surface area contributed by atoms with Crippen molar-refractivity contribution in [2.45, 2.75) is 32.2 Å². The molecule has 0 amide bonds. The zero-order valence-corrected chi connectivity index (χ0v) is 7.47. The summed E-state index contributed by atoms with van der Waals surface area (Å²) in [6, 6.07) is 0.333. The molecule has 3 heteroatoms. The molecule has 2 aliphatic rings. The number of hydrazine groups is 1. The Kier molecular flexibility index (Phi) is 1.85. The second kappa shape index (κ2) is 2.75. The summed E-state index contributed by atoms with van der Waals surface area (Å²) in [5.74, 6) is 5.53. The number of ether oxygens (including phenoxy) is 1. The third kappa shape index (κ3) is 1.23. The number of rotatable bonds is 3. The summed E-state index contributed by atoms with van der Waals surface area (Å²) in [6.07, 6.45) is 5.46. The topological polar surface area (TPSA) is 47.3 Å². The summed E-state index contributed by atoms with van der Waals surface area (Å²) >= 11 is 0. The van der Waals surface area contributed by atoms with Gasteiger partial charge in [-0.2, -0.15) is 0 Å². The molecule has 1 heterocycles. The Bertz CT molecular complexity index is 209. The fourth-order valence-electron chi connectivity index (χ4n) is 1.86. The molecule has 1 aliphatic carbocycles. The van der Waals surface area contributed by atoms with Crippen molar-refractivity contribution >= 4 is 0 Å². The lowest BCUT2D eigenvalue weighted by Crippen LogP contribution is -2.42.